The lowest BCUT2D eigenvalue weighted by molar-refractivity contribution is -0.128. The number of guanidine groups is 1. The molecule has 1 saturated carbocycles. The molecule has 1 unspecified atom stereocenters. The molecule has 2 rings (SSSR count). The van der Waals surface area contributed by atoms with Crippen molar-refractivity contribution >= 4 is 35.8 Å². The van der Waals surface area contributed by atoms with Gasteiger partial charge in [-0.3, -0.25) is 4.79 Å². The van der Waals surface area contributed by atoms with Gasteiger partial charge in [0.1, 0.15) is 6.54 Å². The van der Waals surface area contributed by atoms with Crippen LogP contribution in [-0.4, -0.2) is 74.5 Å². The SMILES string of the molecule is CCNC(=NCC(=O)N1CCCC1)NCC(C1CC1)N(C)C.I. The number of nitrogens with one attached hydrogen (secondary N) is 2. The Morgan fingerprint density at radius 2 is 1.91 bits per heavy atom. The highest BCUT2D eigenvalue weighted by atomic mass is 127. The fourth-order valence-corrected chi connectivity index (χ4v) is 3.01. The van der Waals surface area contributed by atoms with Crippen molar-refractivity contribution in [1.82, 2.24) is 20.4 Å². The molecule has 23 heavy (non-hydrogen) atoms. The molecule has 1 saturated heterocycles. The molecule has 0 spiro atoms. The lowest BCUT2D eigenvalue weighted by Crippen LogP contribution is -2.46. The van der Waals surface area contributed by atoms with Crippen molar-refractivity contribution in [2.75, 3.05) is 46.8 Å². The van der Waals surface area contributed by atoms with E-state index in [2.05, 4.69) is 34.6 Å². The average molecular weight is 437 g/mol. The van der Waals surface area contributed by atoms with E-state index in [0.29, 0.717) is 6.04 Å². The molecular weight excluding hydrogens is 405 g/mol. The van der Waals surface area contributed by atoms with Crippen molar-refractivity contribution in [2.45, 2.75) is 38.6 Å². The topological polar surface area (TPSA) is 60.0 Å². The molecule has 7 heteroatoms. The minimum absolute atomic E-state index is 0. The summed E-state index contributed by atoms with van der Waals surface area (Å²) in [5.41, 5.74) is 0. The smallest absolute Gasteiger partial charge is 0.244 e. The summed E-state index contributed by atoms with van der Waals surface area (Å²) >= 11 is 0. The van der Waals surface area contributed by atoms with Crippen LogP contribution in [0.2, 0.25) is 0 Å². The van der Waals surface area contributed by atoms with Gasteiger partial charge in [0.15, 0.2) is 5.96 Å². The van der Waals surface area contributed by atoms with Crippen LogP contribution in [0.3, 0.4) is 0 Å². The number of likely N-dealkylation sites (N-methyl/N-ethyl adjacent to an activating group) is 1. The van der Waals surface area contributed by atoms with Gasteiger partial charge in [-0.05, 0) is 52.6 Å². The van der Waals surface area contributed by atoms with Crippen molar-refractivity contribution in [3.8, 4) is 0 Å². The van der Waals surface area contributed by atoms with Crippen molar-refractivity contribution in [3.63, 3.8) is 0 Å². The van der Waals surface area contributed by atoms with Crippen LogP contribution in [0, 0.1) is 5.92 Å². The van der Waals surface area contributed by atoms with Crippen LogP contribution in [0.1, 0.15) is 32.6 Å². The molecule has 0 aromatic rings. The third kappa shape index (κ3) is 6.82. The van der Waals surface area contributed by atoms with Gasteiger partial charge in [0.05, 0.1) is 0 Å². The molecule has 2 fully saturated rings. The predicted molar refractivity (Wildman–Crippen MR) is 105 cm³/mol. The summed E-state index contributed by atoms with van der Waals surface area (Å²) in [5, 5.41) is 6.63. The third-order valence-electron chi connectivity index (χ3n) is 4.48. The number of rotatable bonds is 7. The highest BCUT2D eigenvalue weighted by molar-refractivity contribution is 14.0. The zero-order valence-electron chi connectivity index (χ0n) is 14.7. The number of hydrogen-bond acceptors (Lipinski definition) is 3. The van der Waals surface area contributed by atoms with E-state index < -0.39 is 0 Å². The Morgan fingerprint density at radius 1 is 1.26 bits per heavy atom. The molecule has 134 valence electrons. The maximum Gasteiger partial charge on any atom is 0.244 e. The van der Waals surface area contributed by atoms with Gasteiger partial charge in [-0.25, -0.2) is 4.99 Å². The largest absolute Gasteiger partial charge is 0.357 e. The fourth-order valence-electron chi connectivity index (χ4n) is 3.01. The number of likely N-dealkylation sites (tertiary alicyclic amines) is 1. The van der Waals surface area contributed by atoms with E-state index in [1.165, 1.54) is 12.8 Å². The van der Waals surface area contributed by atoms with Crippen molar-refractivity contribution in [2.24, 2.45) is 10.9 Å². The Hall–Kier alpha value is -0.570. The van der Waals surface area contributed by atoms with E-state index in [9.17, 15) is 4.79 Å². The molecule has 1 heterocycles. The first kappa shape index (κ1) is 20.5. The Morgan fingerprint density at radius 3 is 2.43 bits per heavy atom. The lowest BCUT2D eigenvalue weighted by Gasteiger charge is -2.25. The maximum atomic E-state index is 12.1. The van der Waals surface area contributed by atoms with Gasteiger partial charge in [0, 0.05) is 32.2 Å². The van der Waals surface area contributed by atoms with Gasteiger partial charge < -0.3 is 20.4 Å². The Kier molecular flexibility index (Phi) is 9.19. The van der Waals surface area contributed by atoms with Gasteiger partial charge in [0.25, 0.3) is 0 Å². The number of carbonyl (C=O) groups is 1. The molecule has 0 aromatic carbocycles. The van der Waals surface area contributed by atoms with Crippen LogP contribution < -0.4 is 10.6 Å². The van der Waals surface area contributed by atoms with Gasteiger partial charge in [0.2, 0.25) is 5.91 Å². The zero-order chi connectivity index (χ0) is 15.9. The Bertz CT molecular complexity index is 390. The molecular formula is C16H32IN5O. The fraction of sp³-hybridized carbons (Fsp3) is 0.875. The van der Waals surface area contributed by atoms with Crippen LogP contribution in [0.25, 0.3) is 0 Å². The number of hydrogen-bond donors (Lipinski definition) is 2. The molecule has 1 amide bonds. The van der Waals surface area contributed by atoms with E-state index >= 15 is 0 Å². The highest BCUT2D eigenvalue weighted by Gasteiger charge is 2.32. The molecule has 0 bridgehead atoms. The minimum Gasteiger partial charge on any atom is -0.357 e. The van der Waals surface area contributed by atoms with Crippen LogP contribution in [0.15, 0.2) is 4.99 Å². The lowest BCUT2D eigenvalue weighted by atomic mass is 10.1. The number of carbonyl (C=O) groups excluding carboxylic acids is 1. The van der Waals surface area contributed by atoms with Gasteiger partial charge in [-0.2, -0.15) is 0 Å². The Labute approximate surface area is 157 Å². The molecule has 6 nitrogen and oxygen atoms in total. The average Bonchev–Trinajstić information content (AvgIpc) is 3.16. The quantitative estimate of drug-likeness (QED) is 0.356. The molecule has 2 N–H and O–H groups in total. The summed E-state index contributed by atoms with van der Waals surface area (Å²) in [7, 11) is 4.26. The number of halogens is 1. The number of aliphatic imine (C=N–C) groups is 1. The summed E-state index contributed by atoms with van der Waals surface area (Å²) in [6.45, 7) is 5.75. The molecule has 1 atom stereocenters. The zero-order valence-corrected chi connectivity index (χ0v) is 17.0. The predicted octanol–water partition coefficient (Wildman–Crippen LogP) is 1.12. The summed E-state index contributed by atoms with van der Waals surface area (Å²) in [5.74, 6) is 1.69. The minimum atomic E-state index is 0. The van der Waals surface area contributed by atoms with E-state index in [4.69, 9.17) is 0 Å². The first-order valence-electron chi connectivity index (χ1n) is 8.58. The number of amides is 1. The van der Waals surface area contributed by atoms with Crippen molar-refractivity contribution in [1.29, 1.82) is 0 Å². The summed E-state index contributed by atoms with van der Waals surface area (Å²) in [6.07, 6.45) is 4.90. The number of nitrogens with zero attached hydrogens (tertiary/aromatic N) is 3. The second-order valence-corrected chi connectivity index (χ2v) is 6.53. The molecule has 0 radical (unpaired) electrons. The van der Waals surface area contributed by atoms with E-state index in [-0.39, 0.29) is 36.4 Å². The maximum absolute atomic E-state index is 12.1. The van der Waals surface area contributed by atoms with Gasteiger partial charge >= 0.3 is 0 Å². The third-order valence-corrected chi connectivity index (χ3v) is 4.48. The second kappa shape index (κ2) is 10.3. The molecule has 1 aliphatic carbocycles. The van der Waals surface area contributed by atoms with E-state index in [1.54, 1.807) is 0 Å². The van der Waals surface area contributed by atoms with Gasteiger partial charge in [-0.1, -0.05) is 0 Å². The monoisotopic (exact) mass is 437 g/mol. The van der Waals surface area contributed by atoms with E-state index in [1.807, 2.05) is 11.8 Å². The van der Waals surface area contributed by atoms with Crippen LogP contribution in [0.4, 0.5) is 0 Å². The Balaban J connectivity index is 0.00000264. The molecule has 2 aliphatic rings. The van der Waals surface area contributed by atoms with Crippen LogP contribution >= 0.6 is 24.0 Å². The molecule has 0 aromatic heterocycles. The standard InChI is InChI=1S/C16H31N5O.HI/c1-4-17-16(18-11-14(20(2)3)13-7-8-13)19-12-15(22)21-9-5-6-10-21;/h13-14H,4-12H2,1-3H3,(H2,17,18,19);1H. The van der Waals surface area contributed by atoms with Crippen LogP contribution in [-0.2, 0) is 4.79 Å². The van der Waals surface area contributed by atoms with Gasteiger partial charge in [-0.15, -0.1) is 24.0 Å². The van der Waals surface area contributed by atoms with Crippen LogP contribution in [0.5, 0.6) is 0 Å². The summed E-state index contributed by atoms with van der Waals surface area (Å²) < 4.78 is 0. The first-order valence-corrected chi connectivity index (χ1v) is 8.58. The normalized spacial score (nSPS) is 19.5. The second-order valence-electron chi connectivity index (χ2n) is 6.53. The van der Waals surface area contributed by atoms with Crippen molar-refractivity contribution < 1.29 is 4.79 Å². The first-order chi connectivity index (χ1) is 10.6. The van der Waals surface area contributed by atoms with Crippen molar-refractivity contribution in [3.05, 3.63) is 0 Å². The molecule has 1 aliphatic heterocycles. The summed E-state index contributed by atoms with van der Waals surface area (Å²) in [6, 6.07) is 0.540. The summed E-state index contributed by atoms with van der Waals surface area (Å²) in [4.78, 5) is 20.7. The highest BCUT2D eigenvalue weighted by Crippen LogP contribution is 2.34. The van der Waals surface area contributed by atoms with E-state index in [0.717, 1.165) is 50.9 Å².